The Morgan fingerprint density at radius 3 is 2.89 bits per heavy atom. The van der Waals surface area contributed by atoms with Crippen LogP contribution in [0.15, 0.2) is 18.5 Å². The molecule has 0 aliphatic rings. The monoisotopic (exact) mass is 264 g/mol. The second kappa shape index (κ2) is 5.35. The van der Waals surface area contributed by atoms with Crippen molar-refractivity contribution >= 4 is 17.3 Å². The van der Waals surface area contributed by atoms with Gasteiger partial charge in [0.25, 0.3) is 0 Å². The normalized spacial score (nSPS) is 10.6. The topological polar surface area (TPSA) is 44.1 Å². The number of hydrogen-bond donors (Lipinski definition) is 0. The number of carbonyl (C=O) groups excluding carboxylic acids is 1. The molecule has 0 aromatic carbocycles. The molecule has 2 heterocycles. The van der Waals surface area contributed by atoms with E-state index in [1.54, 1.807) is 11.3 Å². The molecule has 0 bridgehead atoms. The van der Waals surface area contributed by atoms with Gasteiger partial charge < -0.3 is 9.30 Å². The first kappa shape index (κ1) is 12.8. The molecule has 0 spiro atoms. The SMILES string of the molecule is CCOC(=O)c1c(C)ccn1Cc1cnc(C)s1. The molecular weight excluding hydrogens is 248 g/mol. The lowest BCUT2D eigenvalue weighted by molar-refractivity contribution is 0.0513. The van der Waals surface area contributed by atoms with E-state index in [0.717, 1.165) is 15.4 Å². The highest BCUT2D eigenvalue weighted by Crippen LogP contribution is 2.17. The van der Waals surface area contributed by atoms with Gasteiger partial charge in [0.1, 0.15) is 5.69 Å². The standard InChI is InChI=1S/C13H16N2O2S/c1-4-17-13(16)12-9(2)5-6-15(12)8-11-7-14-10(3)18-11/h5-7H,4,8H2,1-3H3. The van der Waals surface area contributed by atoms with E-state index in [-0.39, 0.29) is 5.97 Å². The molecular formula is C13H16N2O2S. The smallest absolute Gasteiger partial charge is 0.355 e. The summed E-state index contributed by atoms with van der Waals surface area (Å²) in [5.74, 6) is -0.263. The fourth-order valence-electron chi connectivity index (χ4n) is 1.84. The van der Waals surface area contributed by atoms with Crippen LogP contribution in [0, 0.1) is 13.8 Å². The number of rotatable bonds is 4. The molecule has 0 unspecified atom stereocenters. The van der Waals surface area contributed by atoms with Gasteiger partial charge in [-0.2, -0.15) is 0 Å². The van der Waals surface area contributed by atoms with E-state index in [1.165, 1.54) is 0 Å². The lowest BCUT2D eigenvalue weighted by atomic mass is 10.3. The van der Waals surface area contributed by atoms with E-state index in [9.17, 15) is 4.79 Å². The molecule has 0 saturated carbocycles. The van der Waals surface area contributed by atoms with Crippen molar-refractivity contribution in [1.82, 2.24) is 9.55 Å². The summed E-state index contributed by atoms with van der Waals surface area (Å²) in [5.41, 5.74) is 1.57. The maximum absolute atomic E-state index is 11.9. The third-order valence-corrected chi connectivity index (χ3v) is 3.53. The van der Waals surface area contributed by atoms with Gasteiger partial charge in [-0.15, -0.1) is 11.3 Å². The van der Waals surface area contributed by atoms with Crippen molar-refractivity contribution in [3.05, 3.63) is 39.6 Å². The molecule has 5 heteroatoms. The van der Waals surface area contributed by atoms with Crippen LogP contribution in [0.5, 0.6) is 0 Å². The van der Waals surface area contributed by atoms with Gasteiger partial charge in [-0.3, -0.25) is 0 Å². The lowest BCUT2D eigenvalue weighted by Crippen LogP contribution is -2.13. The Balaban J connectivity index is 2.26. The molecule has 0 aliphatic carbocycles. The van der Waals surface area contributed by atoms with Gasteiger partial charge in [0.15, 0.2) is 0 Å². The van der Waals surface area contributed by atoms with Crippen LogP contribution >= 0.6 is 11.3 Å². The first-order chi connectivity index (χ1) is 8.61. The van der Waals surface area contributed by atoms with Crippen LogP contribution in [0.2, 0.25) is 0 Å². The molecule has 0 saturated heterocycles. The predicted molar refractivity (Wildman–Crippen MR) is 71.1 cm³/mol. The average Bonchev–Trinajstić information content (AvgIpc) is 2.87. The Labute approximate surface area is 110 Å². The van der Waals surface area contributed by atoms with Gasteiger partial charge >= 0.3 is 5.97 Å². The van der Waals surface area contributed by atoms with Crippen LogP contribution in [0.1, 0.15) is 32.9 Å². The van der Waals surface area contributed by atoms with Crippen molar-refractivity contribution in [2.45, 2.75) is 27.3 Å². The number of aromatic nitrogens is 2. The average molecular weight is 264 g/mol. The number of esters is 1. The van der Waals surface area contributed by atoms with Gasteiger partial charge in [-0.1, -0.05) is 0 Å². The van der Waals surface area contributed by atoms with Gasteiger partial charge in [-0.05, 0) is 32.4 Å². The summed E-state index contributed by atoms with van der Waals surface area (Å²) < 4.78 is 7.00. The van der Waals surface area contributed by atoms with Crippen molar-refractivity contribution < 1.29 is 9.53 Å². The third kappa shape index (κ3) is 2.61. The molecule has 0 N–H and O–H groups in total. The van der Waals surface area contributed by atoms with Gasteiger partial charge in [0.2, 0.25) is 0 Å². The molecule has 4 nitrogen and oxygen atoms in total. The Morgan fingerprint density at radius 1 is 1.50 bits per heavy atom. The van der Waals surface area contributed by atoms with Crippen molar-refractivity contribution in [2.24, 2.45) is 0 Å². The van der Waals surface area contributed by atoms with E-state index in [0.29, 0.717) is 18.8 Å². The third-order valence-electron chi connectivity index (χ3n) is 2.63. The minimum absolute atomic E-state index is 0.263. The number of ether oxygens (including phenoxy) is 1. The molecule has 96 valence electrons. The highest BCUT2D eigenvalue weighted by atomic mass is 32.1. The largest absolute Gasteiger partial charge is 0.461 e. The Hall–Kier alpha value is -1.62. The second-order valence-corrected chi connectivity index (χ2v) is 5.36. The van der Waals surface area contributed by atoms with E-state index in [4.69, 9.17) is 4.74 Å². The Kier molecular flexibility index (Phi) is 3.81. The van der Waals surface area contributed by atoms with Crippen molar-refractivity contribution in [3.63, 3.8) is 0 Å². The van der Waals surface area contributed by atoms with Gasteiger partial charge in [0, 0.05) is 17.3 Å². The van der Waals surface area contributed by atoms with Crippen LogP contribution in [-0.4, -0.2) is 22.1 Å². The highest BCUT2D eigenvalue weighted by Gasteiger charge is 2.16. The summed E-state index contributed by atoms with van der Waals surface area (Å²) in [6.45, 7) is 6.76. The second-order valence-electron chi connectivity index (χ2n) is 4.04. The predicted octanol–water partition coefficient (Wildman–Crippen LogP) is 2.79. The summed E-state index contributed by atoms with van der Waals surface area (Å²) in [4.78, 5) is 17.2. The molecule has 2 rings (SSSR count). The minimum Gasteiger partial charge on any atom is -0.461 e. The zero-order valence-corrected chi connectivity index (χ0v) is 11.6. The summed E-state index contributed by atoms with van der Waals surface area (Å²) in [7, 11) is 0. The molecule has 0 radical (unpaired) electrons. The van der Waals surface area contributed by atoms with Gasteiger partial charge in [-0.25, -0.2) is 9.78 Å². The Bertz CT molecular complexity index is 557. The first-order valence-corrected chi connectivity index (χ1v) is 6.67. The van der Waals surface area contributed by atoms with E-state index >= 15 is 0 Å². The van der Waals surface area contributed by atoms with E-state index in [2.05, 4.69) is 4.98 Å². The number of aryl methyl sites for hydroxylation is 2. The minimum atomic E-state index is -0.263. The fourth-order valence-corrected chi connectivity index (χ4v) is 2.63. The zero-order chi connectivity index (χ0) is 13.1. The maximum Gasteiger partial charge on any atom is 0.355 e. The van der Waals surface area contributed by atoms with Crippen LogP contribution in [-0.2, 0) is 11.3 Å². The fraction of sp³-hybridized carbons (Fsp3) is 0.385. The number of carbonyl (C=O) groups is 1. The van der Waals surface area contributed by atoms with Crippen LogP contribution in [0.4, 0.5) is 0 Å². The van der Waals surface area contributed by atoms with Crippen molar-refractivity contribution in [3.8, 4) is 0 Å². The van der Waals surface area contributed by atoms with Gasteiger partial charge in [0.05, 0.1) is 18.2 Å². The summed E-state index contributed by atoms with van der Waals surface area (Å²) in [6, 6.07) is 1.93. The molecule has 0 amide bonds. The summed E-state index contributed by atoms with van der Waals surface area (Å²) >= 11 is 1.64. The summed E-state index contributed by atoms with van der Waals surface area (Å²) in [6.07, 6.45) is 3.76. The van der Waals surface area contributed by atoms with E-state index < -0.39 is 0 Å². The van der Waals surface area contributed by atoms with Crippen LogP contribution in [0.3, 0.4) is 0 Å². The van der Waals surface area contributed by atoms with Crippen molar-refractivity contribution in [1.29, 1.82) is 0 Å². The van der Waals surface area contributed by atoms with Crippen LogP contribution in [0.25, 0.3) is 0 Å². The number of thiazole rings is 1. The van der Waals surface area contributed by atoms with Crippen LogP contribution < -0.4 is 0 Å². The summed E-state index contributed by atoms with van der Waals surface area (Å²) in [5, 5.41) is 1.03. The highest BCUT2D eigenvalue weighted by molar-refractivity contribution is 7.11. The Morgan fingerprint density at radius 2 is 2.28 bits per heavy atom. The van der Waals surface area contributed by atoms with Crippen molar-refractivity contribution in [2.75, 3.05) is 6.61 Å². The first-order valence-electron chi connectivity index (χ1n) is 5.86. The zero-order valence-electron chi connectivity index (χ0n) is 10.8. The molecule has 0 fully saturated rings. The maximum atomic E-state index is 11.9. The molecule has 18 heavy (non-hydrogen) atoms. The van der Waals surface area contributed by atoms with E-state index in [1.807, 2.05) is 43.8 Å². The molecule has 0 aliphatic heterocycles. The molecule has 2 aromatic rings. The quantitative estimate of drug-likeness (QED) is 0.798. The molecule has 0 atom stereocenters. The molecule has 2 aromatic heterocycles. The lowest BCUT2D eigenvalue weighted by Gasteiger charge is -2.08. The number of nitrogens with zero attached hydrogens (tertiary/aromatic N) is 2. The number of hydrogen-bond acceptors (Lipinski definition) is 4.